The molecule has 2 heterocycles. The van der Waals surface area contributed by atoms with E-state index < -0.39 is 0 Å². The van der Waals surface area contributed by atoms with Gasteiger partial charge in [0.2, 0.25) is 5.91 Å². The van der Waals surface area contributed by atoms with Crippen LogP contribution >= 0.6 is 0 Å². The number of hydrogen-bond acceptors (Lipinski definition) is 5. The third-order valence-electron chi connectivity index (χ3n) is 4.08. The van der Waals surface area contributed by atoms with Crippen LogP contribution in [-0.2, 0) is 16.0 Å². The summed E-state index contributed by atoms with van der Waals surface area (Å²) in [6.07, 6.45) is 1.37. The lowest BCUT2D eigenvalue weighted by Gasteiger charge is -2.16. The van der Waals surface area contributed by atoms with Crippen LogP contribution in [-0.4, -0.2) is 54.5 Å². The predicted octanol–water partition coefficient (Wildman–Crippen LogP) is 1.37. The fourth-order valence-corrected chi connectivity index (χ4v) is 2.93. The molecule has 2 aromatic rings. The van der Waals surface area contributed by atoms with Crippen LogP contribution in [0.25, 0.3) is 11.1 Å². The molecule has 0 radical (unpaired) electrons. The summed E-state index contributed by atoms with van der Waals surface area (Å²) >= 11 is 0. The number of carbonyl (C=O) groups excluding carboxylic acids is 2. The van der Waals surface area contributed by atoms with Gasteiger partial charge in [-0.25, -0.2) is 4.98 Å². The first-order chi connectivity index (χ1) is 11.6. The van der Waals surface area contributed by atoms with Crippen molar-refractivity contribution in [2.75, 3.05) is 26.8 Å². The molecule has 128 valence electrons. The molecule has 24 heavy (non-hydrogen) atoms. The van der Waals surface area contributed by atoms with Crippen molar-refractivity contribution in [2.24, 2.45) is 0 Å². The summed E-state index contributed by atoms with van der Waals surface area (Å²) in [5.74, 6) is 0.476. The van der Waals surface area contributed by atoms with E-state index in [1.54, 1.807) is 30.2 Å². The third-order valence-corrected chi connectivity index (χ3v) is 4.08. The van der Waals surface area contributed by atoms with Gasteiger partial charge in [0.05, 0.1) is 6.61 Å². The summed E-state index contributed by atoms with van der Waals surface area (Å²) in [5.41, 5.74) is 1.90. The van der Waals surface area contributed by atoms with Crippen molar-refractivity contribution in [2.45, 2.75) is 25.8 Å². The maximum atomic E-state index is 12.6. The van der Waals surface area contributed by atoms with Gasteiger partial charge in [0.15, 0.2) is 11.5 Å². The number of oxazole rings is 1. The molecular formula is C17H21N3O4. The Morgan fingerprint density at radius 3 is 3.04 bits per heavy atom. The van der Waals surface area contributed by atoms with Crippen LogP contribution in [0.4, 0.5) is 0 Å². The predicted molar refractivity (Wildman–Crippen MR) is 87.7 cm³/mol. The van der Waals surface area contributed by atoms with E-state index in [0.717, 1.165) is 11.9 Å². The molecule has 7 nitrogen and oxygen atoms in total. The van der Waals surface area contributed by atoms with Crippen molar-refractivity contribution < 1.29 is 18.7 Å². The lowest BCUT2D eigenvalue weighted by Crippen LogP contribution is -2.37. The Bertz CT molecular complexity index is 755. The van der Waals surface area contributed by atoms with E-state index in [9.17, 15) is 9.59 Å². The fraction of sp³-hybridized carbons (Fsp3) is 0.471. The number of fused-ring (bicyclic) bond motifs is 1. The summed E-state index contributed by atoms with van der Waals surface area (Å²) in [6.45, 7) is 3.20. The number of likely N-dealkylation sites (tertiary alicyclic amines) is 1. The number of methoxy groups -OCH3 is 1. The minimum atomic E-state index is -0.0685. The van der Waals surface area contributed by atoms with Gasteiger partial charge in [-0.15, -0.1) is 0 Å². The second-order valence-electron chi connectivity index (χ2n) is 5.97. The van der Waals surface area contributed by atoms with Gasteiger partial charge < -0.3 is 19.4 Å². The molecule has 0 saturated carbocycles. The van der Waals surface area contributed by atoms with Gasteiger partial charge in [-0.1, -0.05) is 0 Å². The molecule has 0 spiro atoms. The summed E-state index contributed by atoms with van der Waals surface area (Å²) in [6, 6.07) is 5.32. The fourth-order valence-electron chi connectivity index (χ4n) is 2.93. The lowest BCUT2D eigenvalue weighted by molar-refractivity contribution is -0.119. The Morgan fingerprint density at radius 1 is 1.46 bits per heavy atom. The third kappa shape index (κ3) is 3.56. The smallest absolute Gasteiger partial charge is 0.254 e. The minimum Gasteiger partial charge on any atom is -0.441 e. The average molecular weight is 331 g/mol. The number of nitrogens with zero attached hydrogens (tertiary/aromatic N) is 2. The molecule has 1 aliphatic rings. The largest absolute Gasteiger partial charge is 0.441 e. The molecule has 1 fully saturated rings. The molecule has 3 rings (SSSR count). The van der Waals surface area contributed by atoms with Crippen molar-refractivity contribution in [3.8, 4) is 0 Å². The van der Waals surface area contributed by atoms with Crippen molar-refractivity contribution in [1.82, 2.24) is 15.2 Å². The highest BCUT2D eigenvalue weighted by molar-refractivity contribution is 5.97. The summed E-state index contributed by atoms with van der Waals surface area (Å²) in [4.78, 5) is 29.9. The number of benzene rings is 1. The number of carbonyl (C=O) groups is 2. The molecule has 1 unspecified atom stereocenters. The van der Waals surface area contributed by atoms with Crippen molar-refractivity contribution in [3.63, 3.8) is 0 Å². The van der Waals surface area contributed by atoms with Crippen LogP contribution in [0.2, 0.25) is 0 Å². The molecule has 0 aliphatic carbocycles. The summed E-state index contributed by atoms with van der Waals surface area (Å²) in [5, 5.41) is 2.86. The first-order valence-electron chi connectivity index (χ1n) is 8.01. The van der Waals surface area contributed by atoms with Gasteiger partial charge in [-0.05, 0) is 24.6 Å². The van der Waals surface area contributed by atoms with Crippen LogP contribution in [0.3, 0.4) is 0 Å². The second kappa shape index (κ2) is 7.00. The number of hydrogen-bond donors (Lipinski definition) is 1. The molecule has 0 bridgehead atoms. The quantitative estimate of drug-likeness (QED) is 0.894. The maximum Gasteiger partial charge on any atom is 0.254 e. The molecular weight excluding hydrogens is 310 g/mol. The Morgan fingerprint density at radius 2 is 2.29 bits per heavy atom. The summed E-state index contributed by atoms with van der Waals surface area (Å²) in [7, 11) is 1.63. The van der Waals surface area contributed by atoms with Gasteiger partial charge in [-0.3, -0.25) is 9.59 Å². The van der Waals surface area contributed by atoms with E-state index in [4.69, 9.17) is 9.15 Å². The number of nitrogens with one attached hydrogen (secondary N) is 1. The van der Waals surface area contributed by atoms with Gasteiger partial charge >= 0.3 is 0 Å². The number of ether oxygens (including phenoxy) is 1. The zero-order chi connectivity index (χ0) is 17.1. The van der Waals surface area contributed by atoms with E-state index >= 15 is 0 Å². The highest BCUT2D eigenvalue weighted by atomic mass is 16.5. The molecule has 1 aromatic heterocycles. The van der Waals surface area contributed by atoms with E-state index in [0.29, 0.717) is 43.2 Å². The first-order valence-corrected chi connectivity index (χ1v) is 8.01. The van der Waals surface area contributed by atoms with Crippen molar-refractivity contribution in [3.05, 3.63) is 29.7 Å². The van der Waals surface area contributed by atoms with Crippen LogP contribution in [0, 0.1) is 0 Å². The van der Waals surface area contributed by atoms with E-state index in [2.05, 4.69) is 10.3 Å². The van der Waals surface area contributed by atoms with E-state index in [-0.39, 0.29) is 17.9 Å². The molecule has 7 heteroatoms. The number of aromatic nitrogens is 1. The minimum absolute atomic E-state index is 0.0288. The maximum absolute atomic E-state index is 12.6. The Kier molecular flexibility index (Phi) is 4.80. The average Bonchev–Trinajstić information content (AvgIpc) is 3.17. The van der Waals surface area contributed by atoms with Gasteiger partial charge in [0.25, 0.3) is 5.91 Å². The zero-order valence-electron chi connectivity index (χ0n) is 13.9. The van der Waals surface area contributed by atoms with Crippen molar-refractivity contribution in [1.29, 1.82) is 0 Å². The normalized spacial score (nSPS) is 17.4. The first kappa shape index (κ1) is 16.4. The Balaban J connectivity index is 1.72. The molecule has 1 atom stereocenters. The second-order valence-corrected chi connectivity index (χ2v) is 5.97. The van der Waals surface area contributed by atoms with Crippen LogP contribution < -0.4 is 5.32 Å². The number of amides is 2. The van der Waals surface area contributed by atoms with Crippen molar-refractivity contribution >= 4 is 22.9 Å². The van der Waals surface area contributed by atoms with Gasteiger partial charge in [-0.2, -0.15) is 0 Å². The molecule has 2 amide bonds. The Hall–Kier alpha value is -2.41. The molecule has 1 aliphatic heterocycles. The van der Waals surface area contributed by atoms with Crippen LogP contribution in [0.5, 0.6) is 0 Å². The van der Waals surface area contributed by atoms with Crippen LogP contribution in [0.15, 0.2) is 22.6 Å². The van der Waals surface area contributed by atoms with Gasteiger partial charge in [0, 0.05) is 45.1 Å². The monoisotopic (exact) mass is 331 g/mol. The zero-order valence-corrected chi connectivity index (χ0v) is 13.9. The highest BCUT2D eigenvalue weighted by Crippen LogP contribution is 2.20. The topological polar surface area (TPSA) is 84.7 Å². The molecule has 1 N–H and O–H groups in total. The molecule has 1 saturated heterocycles. The lowest BCUT2D eigenvalue weighted by atomic mass is 10.2. The Labute approximate surface area is 140 Å². The summed E-state index contributed by atoms with van der Waals surface area (Å²) < 4.78 is 10.7. The highest BCUT2D eigenvalue weighted by Gasteiger charge is 2.27. The van der Waals surface area contributed by atoms with E-state index in [1.807, 2.05) is 0 Å². The standard InChI is InChI=1S/C17H21N3O4/c1-11(21)18-13-5-7-20(10-13)17(22)12-3-4-14-15(9-12)24-16(19-14)6-8-23-2/h3-4,9,13H,5-8,10H2,1-2H3,(H,18,21). The molecule has 1 aromatic carbocycles. The van der Waals surface area contributed by atoms with E-state index in [1.165, 1.54) is 6.92 Å². The SMILES string of the molecule is COCCc1nc2ccc(C(=O)N3CCC(NC(C)=O)C3)cc2o1. The number of rotatable bonds is 5. The van der Waals surface area contributed by atoms with Crippen LogP contribution in [0.1, 0.15) is 29.6 Å². The van der Waals surface area contributed by atoms with Gasteiger partial charge in [0.1, 0.15) is 5.52 Å².